The summed E-state index contributed by atoms with van der Waals surface area (Å²) in [7, 11) is -3.14. The summed E-state index contributed by atoms with van der Waals surface area (Å²) in [5.74, 6) is -0.0183. The average Bonchev–Trinajstić information content (AvgIpc) is 2.37. The molecule has 1 amide bonds. The number of hydrogen-bond donors (Lipinski definition) is 1. The molecule has 2 saturated heterocycles. The highest BCUT2D eigenvalue weighted by Crippen LogP contribution is 2.23. The van der Waals surface area contributed by atoms with Gasteiger partial charge in [0.05, 0.1) is 12.4 Å². The molecule has 19 heavy (non-hydrogen) atoms. The number of aliphatic hydroxyl groups is 1. The summed E-state index contributed by atoms with van der Waals surface area (Å²) >= 11 is 0. The molecule has 0 unspecified atom stereocenters. The molecule has 2 aliphatic rings. The van der Waals surface area contributed by atoms with E-state index in [1.807, 2.05) is 0 Å². The maximum atomic E-state index is 12.3. The Hall–Kier alpha value is -0.660. The molecule has 0 saturated carbocycles. The van der Waals surface area contributed by atoms with Gasteiger partial charge in [0, 0.05) is 32.1 Å². The molecule has 0 aromatic rings. The predicted octanol–water partition coefficient (Wildman–Crippen LogP) is -0.359. The van der Waals surface area contributed by atoms with Gasteiger partial charge in [-0.25, -0.2) is 12.7 Å². The van der Waals surface area contributed by atoms with E-state index >= 15 is 0 Å². The van der Waals surface area contributed by atoms with Crippen LogP contribution < -0.4 is 0 Å². The van der Waals surface area contributed by atoms with Crippen LogP contribution in [0.4, 0.5) is 0 Å². The molecule has 6 nitrogen and oxygen atoms in total. The molecule has 0 aliphatic carbocycles. The Morgan fingerprint density at radius 3 is 2.32 bits per heavy atom. The second-order valence-corrected chi connectivity index (χ2v) is 7.50. The average molecular weight is 290 g/mol. The fourth-order valence-corrected chi connectivity index (χ4v) is 3.72. The summed E-state index contributed by atoms with van der Waals surface area (Å²) < 4.78 is 24.2. The van der Waals surface area contributed by atoms with E-state index in [0.29, 0.717) is 39.0 Å². The first-order valence-electron chi connectivity index (χ1n) is 6.80. The van der Waals surface area contributed by atoms with Crippen molar-refractivity contribution < 1.29 is 18.3 Å². The summed E-state index contributed by atoms with van der Waals surface area (Å²) in [5, 5.41) is 9.59. The van der Waals surface area contributed by atoms with Gasteiger partial charge in [-0.2, -0.15) is 0 Å². The summed E-state index contributed by atoms with van der Waals surface area (Å²) in [6, 6.07) is 0. The van der Waals surface area contributed by atoms with Gasteiger partial charge in [-0.3, -0.25) is 4.79 Å². The number of likely N-dealkylation sites (tertiary alicyclic amines) is 1. The quantitative estimate of drug-likeness (QED) is 0.753. The highest BCUT2D eigenvalue weighted by Gasteiger charge is 2.32. The lowest BCUT2D eigenvalue weighted by Crippen LogP contribution is -2.48. The molecule has 0 spiro atoms. The monoisotopic (exact) mass is 290 g/mol. The first-order chi connectivity index (χ1) is 8.88. The third-order valence-electron chi connectivity index (χ3n) is 3.98. The molecule has 7 heteroatoms. The molecule has 0 radical (unpaired) electrons. The van der Waals surface area contributed by atoms with Crippen LogP contribution in [-0.2, 0) is 14.8 Å². The molecule has 0 aromatic carbocycles. The first-order valence-corrected chi connectivity index (χ1v) is 8.64. The number of sulfonamides is 1. The first kappa shape index (κ1) is 14.7. The minimum Gasteiger partial charge on any atom is -0.391 e. The molecule has 0 bridgehead atoms. The van der Waals surface area contributed by atoms with Crippen LogP contribution in [0.15, 0.2) is 0 Å². The Balaban J connectivity index is 1.89. The Morgan fingerprint density at radius 1 is 1.16 bits per heavy atom. The van der Waals surface area contributed by atoms with Crippen LogP contribution >= 0.6 is 0 Å². The van der Waals surface area contributed by atoms with Gasteiger partial charge in [0.2, 0.25) is 15.9 Å². The zero-order valence-corrected chi connectivity index (χ0v) is 12.1. The van der Waals surface area contributed by atoms with Gasteiger partial charge in [-0.05, 0) is 25.7 Å². The van der Waals surface area contributed by atoms with E-state index in [4.69, 9.17) is 0 Å². The van der Waals surface area contributed by atoms with E-state index in [2.05, 4.69) is 0 Å². The maximum absolute atomic E-state index is 12.3. The molecule has 0 aromatic heterocycles. The minimum absolute atomic E-state index is 0.0758. The molecule has 2 heterocycles. The lowest BCUT2D eigenvalue weighted by Gasteiger charge is -2.36. The minimum atomic E-state index is -3.14. The molecule has 2 fully saturated rings. The van der Waals surface area contributed by atoms with Crippen LogP contribution in [0.25, 0.3) is 0 Å². The highest BCUT2D eigenvalue weighted by molar-refractivity contribution is 7.88. The number of β-amino-alcohol motifs (C(OH)–C–C–N with tert-alkyl or cyclic N) is 1. The summed E-state index contributed by atoms with van der Waals surface area (Å²) in [5.41, 5.74) is 0. The number of amides is 1. The molecular formula is C12H22N2O4S. The zero-order chi connectivity index (χ0) is 14.0. The lowest BCUT2D eigenvalue weighted by molar-refractivity contribution is -0.139. The fraction of sp³-hybridized carbons (Fsp3) is 0.917. The smallest absolute Gasteiger partial charge is 0.225 e. The molecule has 2 rings (SSSR count). The van der Waals surface area contributed by atoms with E-state index in [9.17, 15) is 18.3 Å². The number of piperidine rings is 2. The van der Waals surface area contributed by atoms with E-state index in [1.54, 1.807) is 4.90 Å². The number of hydrogen-bond acceptors (Lipinski definition) is 4. The van der Waals surface area contributed by atoms with Crippen LogP contribution in [0.1, 0.15) is 25.7 Å². The maximum Gasteiger partial charge on any atom is 0.225 e. The third-order valence-corrected chi connectivity index (χ3v) is 5.28. The zero-order valence-electron chi connectivity index (χ0n) is 11.3. The Morgan fingerprint density at radius 2 is 1.79 bits per heavy atom. The summed E-state index contributed by atoms with van der Waals surface area (Å²) in [6.07, 6.45) is 3.56. The standard InChI is InChI=1S/C12H22N2O4S/c1-19(17,18)14-7-4-10(5-8-14)12(16)13-6-2-3-11(15)9-13/h10-11,15H,2-9H2,1H3/t11-/m0/s1. The van der Waals surface area contributed by atoms with Crippen LogP contribution in [0.5, 0.6) is 0 Å². The number of rotatable bonds is 2. The predicted molar refractivity (Wildman–Crippen MR) is 71.0 cm³/mol. The van der Waals surface area contributed by atoms with Gasteiger partial charge in [0.15, 0.2) is 0 Å². The van der Waals surface area contributed by atoms with Gasteiger partial charge in [0.1, 0.15) is 0 Å². The van der Waals surface area contributed by atoms with E-state index in [1.165, 1.54) is 10.6 Å². The van der Waals surface area contributed by atoms with Crippen molar-refractivity contribution in [3.63, 3.8) is 0 Å². The van der Waals surface area contributed by atoms with Crippen LogP contribution in [0, 0.1) is 5.92 Å². The molecular weight excluding hydrogens is 268 g/mol. The highest BCUT2D eigenvalue weighted by atomic mass is 32.2. The van der Waals surface area contributed by atoms with Crippen molar-refractivity contribution in [2.45, 2.75) is 31.8 Å². The van der Waals surface area contributed by atoms with Gasteiger partial charge >= 0.3 is 0 Å². The van der Waals surface area contributed by atoms with Gasteiger partial charge < -0.3 is 10.0 Å². The number of carbonyl (C=O) groups excluding carboxylic acids is 1. The van der Waals surface area contributed by atoms with Gasteiger partial charge in [-0.1, -0.05) is 0 Å². The van der Waals surface area contributed by atoms with Crippen molar-refractivity contribution in [2.24, 2.45) is 5.92 Å². The van der Waals surface area contributed by atoms with Crippen LogP contribution in [0.2, 0.25) is 0 Å². The topological polar surface area (TPSA) is 77.9 Å². The Bertz CT molecular complexity index is 429. The van der Waals surface area contributed by atoms with Crippen molar-refractivity contribution in [3.05, 3.63) is 0 Å². The number of aliphatic hydroxyl groups excluding tert-OH is 1. The third kappa shape index (κ3) is 3.67. The molecule has 2 aliphatic heterocycles. The largest absolute Gasteiger partial charge is 0.391 e. The van der Waals surface area contributed by atoms with E-state index < -0.39 is 16.1 Å². The molecule has 1 N–H and O–H groups in total. The summed E-state index contributed by atoms with van der Waals surface area (Å²) in [6.45, 7) is 1.98. The second kappa shape index (κ2) is 5.76. The van der Waals surface area contributed by atoms with Crippen molar-refractivity contribution in [3.8, 4) is 0 Å². The van der Waals surface area contributed by atoms with Crippen molar-refractivity contribution in [1.82, 2.24) is 9.21 Å². The Labute approximate surface area is 114 Å². The summed E-state index contributed by atoms with van der Waals surface area (Å²) in [4.78, 5) is 14.0. The van der Waals surface area contributed by atoms with Crippen LogP contribution in [0.3, 0.4) is 0 Å². The lowest BCUT2D eigenvalue weighted by atomic mass is 9.95. The molecule has 1 atom stereocenters. The molecule has 110 valence electrons. The SMILES string of the molecule is CS(=O)(=O)N1CCC(C(=O)N2CCC[C@H](O)C2)CC1. The normalized spacial score (nSPS) is 27.5. The van der Waals surface area contributed by atoms with Crippen molar-refractivity contribution in [2.75, 3.05) is 32.4 Å². The second-order valence-electron chi connectivity index (χ2n) is 5.52. The number of nitrogens with zero attached hydrogens (tertiary/aromatic N) is 2. The van der Waals surface area contributed by atoms with E-state index in [0.717, 1.165) is 12.8 Å². The number of carbonyl (C=O) groups is 1. The Kier molecular flexibility index (Phi) is 4.47. The fourth-order valence-electron chi connectivity index (χ4n) is 2.85. The van der Waals surface area contributed by atoms with Crippen LogP contribution in [-0.4, -0.2) is 67.2 Å². The van der Waals surface area contributed by atoms with Gasteiger partial charge in [-0.15, -0.1) is 0 Å². The van der Waals surface area contributed by atoms with Crippen molar-refractivity contribution >= 4 is 15.9 Å². The van der Waals surface area contributed by atoms with E-state index in [-0.39, 0.29) is 11.8 Å². The van der Waals surface area contributed by atoms with Crippen molar-refractivity contribution in [1.29, 1.82) is 0 Å². The van der Waals surface area contributed by atoms with Gasteiger partial charge in [0.25, 0.3) is 0 Å².